The van der Waals surface area contributed by atoms with Crippen LogP contribution in [-0.4, -0.2) is 36.4 Å². The average molecular weight is 322 g/mol. The van der Waals surface area contributed by atoms with E-state index in [9.17, 15) is 0 Å². The summed E-state index contributed by atoms with van der Waals surface area (Å²) in [6.07, 6.45) is 5.63. The first-order valence-corrected chi connectivity index (χ1v) is 7.55. The van der Waals surface area contributed by atoms with Crippen LogP contribution in [0.4, 0.5) is 5.95 Å². The summed E-state index contributed by atoms with van der Waals surface area (Å²) in [5, 5.41) is 4.97. The van der Waals surface area contributed by atoms with Gasteiger partial charge < -0.3 is 10.3 Å². The molecule has 0 aliphatic heterocycles. The van der Waals surface area contributed by atoms with Crippen molar-refractivity contribution in [2.45, 2.75) is 23.4 Å². The Morgan fingerprint density at radius 2 is 2.14 bits per heavy atom. The summed E-state index contributed by atoms with van der Waals surface area (Å²) in [6, 6.07) is 0. The number of aromatic nitrogens is 6. The maximum absolute atomic E-state index is 6.16. The minimum Gasteiger partial charge on any atom is -0.354 e. The molecule has 108 valence electrons. The maximum atomic E-state index is 6.16. The predicted octanol–water partition coefficient (Wildman–Crippen LogP) is 2.77. The van der Waals surface area contributed by atoms with Crippen molar-refractivity contribution in [3.63, 3.8) is 0 Å². The quantitative estimate of drug-likeness (QED) is 0.698. The summed E-state index contributed by atoms with van der Waals surface area (Å²) in [5.74, 6) is 0.554. The van der Waals surface area contributed by atoms with E-state index >= 15 is 0 Å². The second kappa shape index (κ2) is 6.23. The fraction of sp³-hybridized carbons (Fsp3) is 0.250. The van der Waals surface area contributed by atoms with Gasteiger partial charge in [-0.1, -0.05) is 18.5 Å². The van der Waals surface area contributed by atoms with Gasteiger partial charge >= 0.3 is 0 Å². The van der Waals surface area contributed by atoms with Gasteiger partial charge in [0.2, 0.25) is 5.95 Å². The zero-order valence-electron chi connectivity index (χ0n) is 11.2. The minimum absolute atomic E-state index is 0.480. The molecule has 0 aliphatic rings. The Labute approximate surface area is 130 Å². The minimum atomic E-state index is 0.480. The molecule has 21 heavy (non-hydrogen) atoms. The van der Waals surface area contributed by atoms with Crippen LogP contribution in [0.3, 0.4) is 0 Å². The molecule has 0 aliphatic carbocycles. The molecule has 3 aromatic rings. The van der Waals surface area contributed by atoms with Gasteiger partial charge in [0.15, 0.2) is 5.65 Å². The van der Waals surface area contributed by atoms with E-state index in [0.717, 1.165) is 23.5 Å². The van der Waals surface area contributed by atoms with Crippen LogP contribution in [0.25, 0.3) is 11.2 Å². The lowest BCUT2D eigenvalue weighted by Gasteiger charge is -2.06. The number of halogens is 1. The van der Waals surface area contributed by atoms with Gasteiger partial charge in [0.1, 0.15) is 21.9 Å². The highest BCUT2D eigenvalue weighted by Gasteiger charge is 2.12. The molecule has 3 aromatic heterocycles. The molecule has 0 amide bonds. The van der Waals surface area contributed by atoms with Gasteiger partial charge in [-0.15, -0.1) is 0 Å². The highest BCUT2D eigenvalue weighted by atomic mass is 35.5. The molecule has 9 heteroatoms. The molecular weight excluding hydrogens is 310 g/mol. The van der Waals surface area contributed by atoms with Crippen molar-refractivity contribution in [1.82, 2.24) is 29.9 Å². The van der Waals surface area contributed by atoms with Crippen molar-refractivity contribution in [2.24, 2.45) is 0 Å². The van der Waals surface area contributed by atoms with Gasteiger partial charge in [-0.25, -0.2) is 24.9 Å². The van der Waals surface area contributed by atoms with Crippen molar-refractivity contribution in [1.29, 1.82) is 0 Å². The fourth-order valence-corrected chi connectivity index (χ4v) is 2.68. The first-order valence-electron chi connectivity index (χ1n) is 6.36. The lowest BCUT2D eigenvalue weighted by Crippen LogP contribution is -2.04. The number of rotatable bonds is 5. The lowest BCUT2D eigenvalue weighted by molar-refractivity contribution is 0.934. The first kappa shape index (κ1) is 14.0. The van der Waals surface area contributed by atoms with Crippen LogP contribution in [0.2, 0.25) is 5.02 Å². The molecule has 3 heterocycles. The monoisotopic (exact) mass is 321 g/mol. The van der Waals surface area contributed by atoms with Crippen molar-refractivity contribution in [3.05, 3.63) is 23.9 Å². The van der Waals surface area contributed by atoms with Crippen LogP contribution in [-0.2, 0) is 0 Å². The molecule has 3 rings (SSSR count). The van der Waals surface area contributed by atoms with Crippen LogP contribution in [0, 0.1) is 0 Å². The van der Waals surface area contributed by atoms with Crippen molar-refractivity contribution >= 4 is 40.5 Å². The molecule has 0 bridgehead atoms. The summed E-state index contributed by atoms with van der Waals surface area (Å²) >= 11 is 7.51. The van der Waals surface area contributed by atoms with E-state index in [1.165, 1.54) is 18.1 Å². The topological polar surface area (TPSA) is 92.3 Å². The highest BCUT2D eigenvalue weighted by Crippen LogP contribution is 2.33. The number of nitrogens with zero attached hydrogens (tertiary/aromatic N) is 5. The zero-order chi connectivity index (χ0) is 14.7. The molecule has 2 N–H and O–H groups in total. The fourth-order valence-electron chi connectivity index (χ4n) is 1.66. The van der Waals surface area contributed by atoms with Crippen LogP contribution in [0.1, 0.15) is 13.3 Å². The number of fused-ring (bicyclic) bond motifs is 1. The Kier molecular flexibility index (Phi) is 4.16. The molecule has 0 saturated heterocycles. The van der Waals surface area contributed by atoms with Crippen LogP contribution >= 0.6 is 23.4 Å². The van der Waals surface area contributed by atoms with Gasteiger partial charge in [-0.3, -0.25) is 0 Å². The number of aromatic amines is 1. The summed E-state index contributed by atoms with van der Waals surface area (Å²) < 4.78 is 0. The summed E-state index contributed by atoms with van der Waals surface area (Å²) in [7, 11) is 0. The number of anilines is 1. The average Bonchev–Trinajstić information content (AvgIpc) is 2.97. The van der Waals surface area contributed by atoms with E-state index in [-0.39, 0.29) is 0 Å². The molecule has 0 atom stereocenters. The van der Waals surface area contributed by atoms with Crippen LogP contribution in [0.15, 0.2) is 28.9 Å². The van der Waals surface area contributed by atoms with E-state index in [0.29, 0.717) is 21.6 Å². The Hall–Kier alpha value is -1.93. The van der Waals surface area contributed by atoms with Crippen LogP contribution < -0.4 is 5.32 Å². The Balaban J connectivity index is 1.91. The maximum Gasteiger partial charge on any atom is 0.223 e. The molecule has 0 aromatic carbocycles. The number of imidazole rings is 1. The summed E-state index contributed by atoms with van der Waals surface area (Å²) in [4.78, 5) is 24.0. The van der Waals surface area contributed by atoms with E-state index in [1.807, 2.05) is 0 Å². The molecule has 0 spiro atoms. The van der Waals surface area contributed by atoms with Gasteiger partial charge in [-0.2, -0.15) is 0 Å². The van der Waals surface area contributed by atoms with E-state index < -0.39 is 0 Å². The summed E-state index contributed by atoms with van der Waals surface area (Å²) in [5.41, 5.74) is 1.38. The lowest BCUT2D eigenvalue weighted by atomic mass is 10.5. The van der Waals surface area contributed by atoms with Gasteiger partial charge in [0, 0.05) is 6.54 Å². The molecule has 0 radical (unpaired) electrons. The first-order chi connectivity index (χ1) is 10.3. The van der Waals surface area contributed by atoms with Crippen LogP contribution in [0.5, 0.6) is 0 Å². The van der Waals surface area contributed by atoms with Crippen molar-refractivity contribution < 1.29 is 0 Å². The summed E-state index contributed by atoms with van der Waals surface area (Å²) in [6.45, 7) is 2.89. The number of H-pyrrole nitrogens is 1. The second-order valence-corrected chi connectivity index (χ2v) is 5.54. The third-order valence-corrected chi connectivity index (χ3v) is 4.02. The third kappa shape index (κ3) is 3.06. The number of hydrogen-bond acceptors (Lipinski definition) is 7. The Morgan fingerprint density at radius 1 is 1.24 bits per heavy atom. The van der Waals surface area contributed by atoms with Gasteiger partial charge in [0.05, 0.1) is 17.5 Å². The second-order valence-electron chi connectivity index (χ2n) is 4.16. The van der Waals surface area contributed by atoms with E-state index in [2.05, 4.69) is 42.1 Å². The Morgan fingerprint density at radius 3 is 3.00 bits per heavy atom. The van der Waals surface area contributed by atoms with E-state index in [1.54, 1.807) is 12.5 Å². The normalized spacial score (nSPS) is 11.0. The molecule has 0 saturated carbocycles. The Bertz CT molecular complexity index is 760. The van der Waals surface area contributed by atoms with E-state index in [4.69, 9.17) is 11.6 Å². The van der Waals surface area contributed by atoms with Gasteiger partial charge in [-0.05, 0) is 18.2 Å². The van der Waals surface area contributed by atoms with Crippen molar-refractivity contribution in [3.8, 4) is 0 Å². The zero-order valence-corrected chi connectivity index (χ0v) is 12.7. The third-order valence-electron chi connectivity index (χ3n) is 2.63. The van der Waals surface area contributed by atoms with Crippen molar-refractivity contribution in [2.75, 3.05) is 11.9 Å². The molecule has 0 fully saturated rings. The highest BCUT2D eigenvalue weighted by molar-refractivity contribution is 7.99. The molecule has 0 unspecified atom stereocenters. The molecular formula is C12H12ClN7S. The largest absolute Gasteiger partial charge is 0.354 e. The number of nitrogens with one attached hydrogen (secondary N) is 2. The smallest absolute Gasteiger partial charge is 0.223 e. The van der Waals surface area contributed by atoms with Gasteiger partial charge in [0.25, 0.3) is 0 Å². The predicted molar refractivity (Wildman–Crippen MR) is 81.6 cm³/mol. The number of hydrogen-bond donors (Lipinski definition) is 2. The molecule has 7 nitrogen and oxygen atoms in total. The standard InChI is InChI=1S/C12H12ClN7S/c1-2-3-14-12-15-4-7(13)10(20-12)21-11-8-9(17-5-16-8)18-6-19-11/h4-6H,2-3H2,1H3,(H,14,15,20)(H,16,17,18,19). The SMILES string of the molecule is CCCNc1ncc(Cl)c(Sc2ncnc3nc[nH]c23)n1.